The zero-order valence-corrected chi connectivity index (χ0v) is 13.4. The number of carbonyl (C=O) groups is 1. The minimum atomic E-state index is -0.421. The van der Waals surface area contributed by atoms with Crippen molar-refractivity contribution in [2.24, 2.45) is 5.73 Å². The van der Waals surface area contributed by atoms with Crippen molar-refractivity contribution in [3.05, 3.63) is 95.6 Å². The zero-order chi connectivity index (χ0) is 16.8. The van der Waals surface area contributed by atoms with Gasteiger partial charge >= 0.3 is 0 Å². The third-order valence-corrected chi connectivity index (χ3v) is 3.99. The molecule has 3 aromatic carbocycles. The first-order chi connectivity index (χ1) is 11.7. The van der Waals surface area contributed by atoms with Gasteiger partial charge in [0.1, 0.15) is 0 Å². The molecule has 120 valence electrons. The Balaban J connectivity index is 1.90. The highest BCUT2D eigenvalue weighted by Gasteiger charge is 2.13. The molecule has 0 aliphatic rings. The summed E-state index contributed by atoms with van der Waals surface area (Å²) in [7, 11) is 0. The summed E-state index contributed by atoms with van der Waals surface area (Å²) in [6.07, 6.45) is 1.74. The first kappa shape index (κ1) is 15.8. The molecule has 24 heavy (non-hydrogen) atoms. The number of hydrogen-bond acceptors (Lipinski definition) is 2. The van der Waals surface area contributed by atoms with Crippen LogP contribution in [0.3, 0.4) is 0 Å². The number of para-hydroxylation sites is 2. The van der Waals surface area contributed by atoms with E-state index in [2.05, 4.69) is 17.4 Å². The van der Waals surface area contributed by atoms with E-state index in [1.165, 1.54) is 5.56 Å². The number of aryl methyl sites for hydroxylation is 2. The van der Waals surface area contributed by atoms with E-state index in [0.29, 0.717) is 5.56 Å². The van der Waals surface area contributed by atoms with Crippen LogP contribution in [-0.4, -0.2) is 5.91 Å². The Kier molecular flexibility index (Phi) is 4.92. The largest absolute Gasteiger partial charge is 0.366 e. The molecule has 0 saturated carbocycles. The molecule has 0 aromatic heterocycles. The van der Waals surface area contributed by atoms with Gasteiger partial charge in [-0.25, -0.2) is 0 Å². The lowest BCUT2D eigenvalue weighted by molar-refractivity contribution is 0.100. The number of primary amides is 1. The van der Waals surface area contributed by atoms with Crippen LogP contribution >= 0.6 is 0 Å². The van der Waals surface area contributed by atoms with E-state index in [-0.39, 0.29) is 0 Å². The lowest BCUT2D eigenvalue weighted by atomic mass is 9.99. The molecule has 0 saturated heterocycles. The van der Waals surface area contributed by atoms with Gasteiger partial charge in [-0.1, -0.05) is 60.7 Å². The average Bonchev–Trinajstić information content (AvgIpc) is 2.62. The van der Waals surface area contributed by atoms with Crippen molar-refractivity contribution >= 4 is 17.3 Å². The van der Waals surface area contributed by atoms with Crippen LogP contribution in [0.5, 0.6) is 0 Å². The first-order valence-corrected chi connectivity index (χ1v) is 8.02. The summed E-state index contributed by atoms with van der Waals surface area (Å²) in [4.78, 5) is 11.8. The van der Waals surface area contributed by atoms with Crippen LogP contribution in [-0.2, 0) is 12.8 Å². The maximum absolute atomic E-state index is 11.8. The van der Waals surface area contributed by atoms with Gasteiger partial charge in [0.25, 0.3) is 5.91 Å². The number of hydrogen-bond donors (Lipinski definition) is 2. The molecule has 0 heterocycles. The van der Waals surface area contributed by atoms with Crippen LogP contribution in [0.25, 0.3) is 0 Å². The summed E-state index contributed by atoms with van der Waals surface area (Å²) in [5, 5.41) is 3.36. The van der Waals surface area contributed by atoms with Crippen molar-refractivity contribution in [1.82, 2.24) is 0 Å². The molecule has 0 bridgehead atoms. The van der Waals surface area contributed by atoms with Gasteiger partial charge in [0.05, 0.1) is 11.3 Å². The predicted molar refractivity (Wildman–Crippen MR) is 98.5 cm³/mol. The lowest BCUT2D eigenvalue weighted by Crippen LogP contribution is -2.14. The van der Waals surface area contributed by atoms with Gasteiger partial charge in [-0.3, -0.25) is 4.79 Å². The van der Waals surface area contributed by atoms with E-state index >= 15 is 0 Å². The number of anilines is 2. The Bertz CT molecular complexity index is 814. The minimum Gasteiger partial charge on any atom is -0.366 e. The molecular formula is C21H20N2O. The molecule has 0 atom stereocenters. The van der Waals surface area contributed by atoms with Gasteiger partial charge < -0.3 is 11.1 Å². The fourth-order valence-corrected chi connectivity index (χ4v) is 2.75. The van der Waals surface area contributed by atoms with Crippen LogP contribution in [0, 0.1) is 0 Å². The van der Waals surface area contributed by atoms with E-state index in [1.807, 2.05) is 60.7 Å². The second kappa shape index (κ2) is 7.47. The maximum atomic E-state index is 11.8. The smallest absolute Gasteiger partial charge is 0.250 e. The topological polar surface area (TPSA) is 55.1 Å². The number of rotatable bonds is 6. The van der Waals surface area contributed by atoms with Crippen LogP contribution in [0.15, 0.2) is 78.9 Å². The first-order valence-electron chi connectivity index (χ1n) is 8.02. The van der Waals surface area contributed by atoms with Crippen LogP contribution in [0.2, 0.25) is 0 Å². The van der Waals surface area contributed by atoms with Crippen molar-refractivity contribution in [2.75, 3.05) is 5.32 Å². The standard InChI is InChI=1S/C21H20N2O/c22-21(24)19-13-7-10-17(15-14-16-8-3-1-4-9-16)20(19)23-18-11-5-2-6-12-18/h1-13,23H,14-15H2,(H2,22,24). The molecule has 3 nitrogen and oxygen atoms in total. The van der Waals surface area contributed by atoms with E-state index in [9.17, 15) is 4.79 Å². The minimum absolute atomic E-state index is 0.421. The lowest BCUT2D eigenvalue weighted by Gasteiger charge is -2.15. The maximum Gasteiger partial charge on any atom is 0.250 e. The van der Waals surface area contributed by atoms with E-state index in [1.54, 1.807) is 6.07 Å². The summed E-state index contributed by atoms with van der Waals surface area (Å²) in [5.41, 5.74) is 10.2. The summed E-state index contributed by atoms with van der Waals surface area (Å²) in [6.45, 7) is 0. The number of carbonyl (C=O) groups excluding carboxylic acids is 1. The van der Waals surface area contributed by atoms with Gasteiger partial charge in [-0.2, -0.15) is 0 Å². The summed E-state index contributed by atoms with van der Waals surface area (Å²) in [6, 6.07) is 25.8. The molecule has 3 N–H and O–H groups in total. The van der Waals surface area contributed by atoms with E-state index in [4.69, 9.17) is 5.73 Å². The van der Waals surface area contributed by atoms with Gasteiger partial charge in [0, 0.05) is 5.69 Å². The fourth-order valence-electron chi connectivity index (χ4n) is 2.75. The van der Waals surface area contributed by atoms with Crippen LogP contribution < -0.4 is 11.1 Å². The van der Waals surface area contributed by atoms with Gasteiger partial charge in [0.2, 0.25) is 0 Å². The SMILES string of the molecule is NC(=O)c1cccc(CCc2ccccc2)c1Nc1ccccc1. The summed E-state index contributed by atoms with van der Waals surface area (Å²) >= 11 is 0. The quantitative estimate of drug-likeness (QED) is 0.712. The molecule has 0 fully saturated rings. The molecule has 0 aliphatic heterocycles. The van der Waals surface area contributed by atoms with Crippen LogP contribution in [0.4, 0.5) is 11.4 Å². The monoisotopic (exact) mass is 316 g/mol. The summed E-state index contributed by atoms with van der Waals surface area (Å²) in [5.74, 6) is -0.421. The number of nitrogens with one attached hydrogen (secondary N) is 1. The third kappa shape index (κ3) is 3.82. The highest BCUT2D eigenvalue weighted by Crippen LogP contribution is 2.26. The van der Waals surface area contributed by atoms with Crippen LogP contribution in [0.1, 0.15) is 21.5 Å². The predicted octanol–water partition coefficient (Wildman–Crippen LogP) is 4.31. The molecule has 0 spiro atoms. The Morgan fingerprint density at radius 2 is 1.46 bits per heavy atom. The molecule has 3 heteroatoms. The van der Waals surface area contributed by atoms with Crippen molar-refractivity contribution in [3.63, 3.8) is 0 Å². The van der Waals surface area contributed by atoms with E-state index < -0.39 is 5.91 Å². The van der Waals surface area contributed by atoms with Crippen molar-refractivity contribution < 1.29 is 4.79 Å². The number of amides is 1. The van der Waals surface area contributed by atoms with Crippen molar-refractivity contribution in [2.45, 2.75) is 12.8 Å². The normalized spacial score (nSPS) is 10.3. The Morgan fingerprint density at radius 3 is 2.12 bits per heavy atom. The van der Waals surface area contributed by atoms with Crippen molar-refractivity contribution in [1.29, 1.82) is 0 Å². The molecule has 1 amide bonds. The van der Waals surface area contributed by atoms with Gasteiger partial charge in [-0.05, 0) is 42.2 Å². The Labute approximate surface area is 142 Å². The molecule has 0 unspecified atom stereocenters. The average molecular weight is 316 g/mol. The van der Waals surface area contributed by atoms with Gasteiger partial charge in [-0.15, -0.1) is 0 Å². The molecule has 3 rings (SSSR count). The second-order valence-corrected chi connectivity index (χ2v) is 5.68. The highest BCUT2D eigenvalue weighted by molar-refractivity contribution is 6.00. The molecule has 0 aliphatic carbocycles. The fraction of sp³-hybridized carbons (Fsp3) is 0.0952. The second-order valence-electron chi connectivity index (χ2n) is 5.68. The number of nitrogens with two attached hydrogens (primary N) is 1. The third-order valence-electron chi connectivity index (χ3n) is 3.99. The Hall–Kier alpha value is -3.07. The van der Waals surface area contributed by atoms with Crippen molar-refractivity contribution in [3.8, 4) is 0 Å². The summed E-state index contributed by atoms with van der Waals surface area (Å²) < 4.78 is 0. The number of benzene rings is 3. The van der Waals surface area contributed by atoms with Gasteiger partial charge in [0.15, 0.2) is 0 Å². The molecule has 3 aromatic rings. The molecule has 0 radical (unpaired) electrons. The zero-order valence-electron chi connectivity index (χ0n) is 13.4. The Morgan fingerprint density at radius 1 is 0.792 bits per heavy atom. The van der Waals surface area contributed by atoms with E-state index in [0.717, 1.165) is 29.8 Å². The molecular weight excluding hydrogens is 296 g/mol. The highest BCUT2D eigenvalue weighted by atomic mass is 16.1.